The van der Waals surface area contributed by atoms with Crippen molar-refractivity contribution in [2.24, 2.45) is 0 Å². The summed E-state index contributed by atoms with van der Waals surface area (Å²) in [6, 6.07) is 3.89. The van der Waals surface area contributed by atoms with Gasteiger partial charge in [0, 0.05) is 12.1 Å². The Bertz CT molecular complexity index is 493. The largest absolute Gasteiger partial charge is 0.462 e. The summed E-state index contributed by atoms with van der Waals surface area (Å²) in [4.78, 5) is 11.9. The normalized spacial score (nSPS) is 21.8. The van der Waals surface area contributed by atoms with Crippen LogP contribution >= 0.6 is 0 Å². The zero-order chi connectivity index (χ0) is 16.2. The summed E-state index contributed by atoms with van der Waals surface area (Å²) in [6.45, 7) is 6.05. The summed E-state index contributed by atoms with van der Waals surface area (Å²) in [7, 11) is 0. The molecule has 0 spiro atoms. The van der Waals surface area contributed by atoms with E-state index < -0.39 is 5.60 Å². The second-order valence-electron chi connectivity index (χ2n) is 6.70. The summed E-state index contributed by atoms with van der Waals surface area (Å²) in [5.41, 5.74) is -0.486. The fourth-order valence-corrected chi connectivity index (χ4v) is 2.67. The highest BCUT2D eigenvalue weighted by molar-refractivity contribution is 5.68. The van der Waals surface area contributed by atoms with E-state index in [2.05, 4.69) is 10.6 Å². The Balaban J connectivity index is 1.81. The van der Waals surface area contributed by atoms with Gasteiger partial charge in [-0.1, -0.05) is 0 Å². The van der Waals surface area contributed by atoms with Crippen molar-refractivity contribution in [3.05, 3.63) is 23.7 Å². The van der Waals surface area contributed by atoms with E-state index in [1.54, 1.807) is 6.07 Å². The zero-order valence-electron chi connectivity index (χ0n) is 13.5. The Morgan fingerprint density at radius 3 is 2.64 bits per heavy atom. The molecule has 6 nitrogen and oxygen atoms in total. The number of hydrogen-bond acceptors (Lipinski definition) is 5. The van der Waals surface area contributed by atoms with Gasteiger partial charge in [0.1, 0.15) is 23.7 Å². The van der Waals surface area contributed by atoms with Crippen molar-refractivity contribution in [1.82, 2.24) is 10.6 Å². The van der Waals surface area contributed by atoms with Gasteiger partial charge in [-0.05, 0) is 52.2 Å². The molecule has 0 bridgehead atoms. The van der Waals surface area contributed by atoms with Crippen molar-refractivity contribution >= 4 is 6.09 Å². The van der Waals surface area contributed by atoms with Crippen LogP contribution in [0, 0.1) is 0 Å². The summed E-state index contributed by atoms with van der Waals surface area (Å²) in [5.74, 6) is 1.35. The molecular formula is C16H26N2O4. The first kappa shape index (κ1) is 16.8. The van der Waals surface area contributed by atoms with E-state index in [0.29, 0.717) is 12.3 Å². The molecular weight excluding hydrogens is 284 g/mol. The third-order valence-electron chi connectivity index (χ3n) is 3.63. The van der Waals surface area contributed by atoms with E-state index in [-0.39, 0.29) is 24.8 Å². The van der Waals surface area contributed by atoms with Crippen LogP contribution in [0.4, 0.5) is 4.79 Å². The number of carbonyl (C=O) groups excluding carboxylic acids is 1. The van der Waals surface area contributed by atoms with Gasteiger partial charge in [-0.25, -0.2) is 4.79 Å². The minimum atomic E-state index is -0.486. The number of furan rings is 1. The first-order chi connectivity index (χ1) is 10.4. The van der Waals surface area contributed by atoms with Crippen molar-refractivity contribution in [2.45, 2.75) is 70.9 Å². The minimum Gasteiger partial charge on any atom is -0.462 e. The highest BCUT2D eigenvalue weighted by Gasteiger charge is 2.29. The quantitative estimate of drug-likeness (QED) is 0.777. The Kier molecular flexibility index (Phi) is 5.47. The van der Waals surface area contributed by atoms with Crippen LogP contribution in [-0.4, -0.2) is 28.9 Å². The number of carbonyl (C=O) groups is 1. The summed E-state index contributed by atoms with van der Waals surface area (Å²) in [5, 5.41) is 15.3. The standard InChI is InChI=1S/C16H26N2O4/c1-16(2,3)22-15(20)18-14-6-4-5-13(14)17-9-11-7-8-12(10-19)21-11/h7-8,13-14,17,19H,4-6,9-10H2,1-3H3,(H,18,20). The van der Waals surface area contributed by atoms with E-state index in [1.807, 2.05) is 26.8 Å². The number of hydrogen-bond donors (Lipinski definition) is 3. The van der Waals surface area contributed by atoms with Crippen molar-refractivity contribution in [1.29, 1.82) is 0 Å². The molecule has 22 heavy (non-hydrogen) atoms. The molecule has 0 aromatic carbocycles. The van der Waals surface area contributed by atoms with Gasteiger partial charge in [0.05, 0.1) is 6.54 Å². The molecule has 2 unspecified atom stereocenters. The SMILES string of the molecule is CC(C)(C)OC(=O)NC1CCCC1NCc1ccc(CO)o1. The van der Waals surface area contributed by atoms with Gasteiger partial charge in [0.15, 0.2) is 0 Å². The van der Waals surface area contributed by atoms with Gasteiger partial charge in [-0.15, -0.1) is 0 Å². The number of alkyl carbamates (subject to hydrolysis) is 1. The van der Waals surface area contributed by atoms with E-state index in [1.165, 1.54) is 0 Å². The Hall–Kier alpha value is -1.53. The third-order valence-corrected chi connectivity index (χ3v) is 3.63. The average Bonchev–Trinajstić information content (AvgIpc) is 3.02. The predicted octanol–water partition coefficient (Wildman–Crippen LogP) is 2.31. The molecule has 3 N–H and O–H groups in total. The summed E-state index contributed by atoms with van der Waals surface area (Å²) in [6.07, 6.45) is 2.65. The predicted molar refractivity (Wildman–Crippen MR) is 82.3 cm³/mol. The van der Waals surface area contributed by atoms with E-state index in [4.69, 9.17) is 14.3 Å². The monoisotopic (exact) mass is 310 g/mol. The van der Waals surface area contributed by atoms with Crippen molar-refractivity contribution in [3.63, 3.8) is 0 Å². The van der Waals surface area contributed by atoms with Crippen molar-refractivity contribution in [2.75, 3.05) is 0 Å². The van der Waals surface area contributed by atoms with Gasteiger partial charge >= 0.3 is 6.09 Å². The molecule has 0 saturated heterocycles. The van der Waals surface area contributed by atoms with Crippen LogP contribution in [0.15, 0.2) is 16.5 Å². The van der Waals surface area contributed by atoms with Gasteiger partial charge in [0.25, 0.3) is 0 Å². The lowest BCUT2D eigenvalue weighted by Gasteiger charge is -2.25. The highest BCUT2D eigenvalue weighted by Crippen LogP contribution is 2.20. The number of aliphatic hydroxyl groups excluding tert-OH is 1. The molecule has 2 atom stereocenters. The molecule has 1 aliphatic rings. The van der Waals surface area contributed by atoms with Gasteiger partial charge < -0.3 is 24.9 Å². The third kappa shape index (κ3) is 5.03. The first-order valence-corrected chi connectivity index (χ1v) is 7.79. The van der Waals surface area contributed by atoms with Crippen LogP contribution in [-0.2, 0) is 17.9 Å². The molecule has 6 heteroatoms. The van der Waals surface area contributed by atoms with E-state index in [0.717, 1.165) is 25.0 Å². The Morgan fingerprint density at radius 1 is 1.32 bits per heavy atom. The lowest BCUT2D eigenvalue weighted by atomic mass is 10.1. The van der Waals surface area contributed by atoms with Crippen LogP contribution in [0.25, 0.3) is 0 Å². The number of nitrogens with one attached hydrogen (secondary N) is 2. The van der Waals surface area contributed by atoms with Gasteiger partial charge in [-0.2, -0.15) is 0 Å². The molecule has 124 valence electrons. The smallest absolute Gasteiger partial charge is 0.407 e. The van der Waals surface area contributed by atoms with Crippen LogP contribution in [0.2, 0.25) is 0 Å². The summed E-state index contributed by atoms with van der Waals surface area (Å²) < 4.78 is 10.8. The molecule has 1 fully saturated rings. The number of ether oxygens (including phenoxy) is 1. The lowest BCUT2D eigenvalue weighted by Crippen LogP contribution is -2.47. The molecule has 0 radical (unpaired) electrons. The zero-order valence-corrected chi connectivity index (χ0v) is 13.5. The molecule has 1 aliphatic carbocycles. The molecule has 1 aromatic rings. The maximum Gasteiger partial charge on any atom is 0.407 e. The maximum atomic E-state index is 11.9. The highest BCUT2D eigenvalue weighted by atomic mass is 16.6. The van der Waals surface area contributed by atoms with E-state index in [9.17, 15) is 4.79 Å². The molecule has 2 rings (SSSR count). The van der Waals surface area contributed by atoms with Crippen LogP contribution < -0.4 is 10.6 Å². The number of rotatable bonds is 5. The molecule has 1 heterocycles. The summed E-state index contributed by atoms with van der Waals surface area (Å²) >= 11 is 0. The minimum absolute atomic E-state index is 0.0714. The second kappa shape index (κ2) is 7.15. The van der Waals surface area contributed by atoms with E-state index >= 15 is 0 Å². The van der Waals surface area contributed by atoms with Crippen LogP contribution in [0.3, 0.4) is 0 Å². The fourth-order valence-electron chi connectivity index (χ4n) is 2.67. The molecule has 1 saturated carbocycles. The first-order valence-electron chi connectivity index (χ1n) is 7.79. The Morgan fingerprint density at radius 2 is 2.00 bits per heavy atom. The molecule has 1 amide bonds. The Labute approximate surface area is 131 Å². The molecule has 1 aromatic heterocycles. The number of amides is 1. The van der Waals surface area contributed by atoms with Crippen molar-refractivity contribution in [3.8, 4) is 0 Å². The maximum absolute atomic E-state index is 11.9. The fraction of sp³-hybridized carbons (Fsp3) is 0.688. The van der Waals surface area contributed by atoms with Crippen molar-refractivity contribution < 1.29 is 19.1 Å². The molecule has 0 aliphatic heterocycles. The average molecular weight is 310 g/mol. The number of aliphatic hydroxyl groups is 1. The van der Waals surface area contributed by atoms with Crippen LogP contribution in [0.5, 0.6) is 0 Å². The second-order valence-corrected chi connectivity index (χ2v) is 6.70. The topological polar surface area (TPSA) is 83.7 Å². The van der Waals surface area contributed by atoms with Gasteiger partial charge in [0.2, 0.25) is 0 Å². The van der Waals surface area contributed by atoms with Gasteiger partial charge in [-0.3, -0.25) is 0 Å². The van der Waals surface area contributed by atoms with Crippen LogP contribution in [0.1, 0.15) is 51.6 Å². The lowest BCUT2D eigenvalue weighted by molar-refractivity contribution is 0.0498.